The number of rotatable bonds is 5. The van der Waals surface area contributed by atoms with Gasteiger partial charge in [-0.2, -0.15) is 0 Å². The number of hydrogen-bond donors (Lipinski definition) is 1. The van der Waals surface area contributed by atoms with E-state index in [2.05, 4.69) is 5.32 Å². The Balaban J connectivity index is 2.10. The third kappa shape index (κ3) is 3.84. The van der Waals surface area contributed by atoms with Gasteiger partial charge in [-0.1, -0.05) is 36.4 Å². The fraction of sp³-hybridized carbons (Fsp3) is 0.312. The monoisotopic (exact) mass is 320 g/mol. The molecule has 0 aliphatic rings. The molecule has 22 heavy (non-hydrogen) atoms. The van der Waals surface area contributed by atoms with E-state index in [-0.39, 0.29) is 6.04 Å². The molecule has 2 aromatic rings. The van der Waals surface area contributed by atoms with E-state index in [0.717, 1.165) is 20.6 Å². The van der Waals surface area contributed by atoms with Crippen LogP contribution in [-0.4, -0.2) is 38.5 Å². The summed E-state index contributed by atoms with van der Waals surface area (Å²) in [6.45, 7) is 1.84. The van der Waals surface area contributed by atoms with E-state index < -0.39 is 21.7 Å². The first-order valence-electron chi connectivity index (χ1n) is 6.98. The molecular formula is C16H20N2O3S. The molecule has 0 aliphatic heterocycles. The number of sulfonamides is 1. The van der Waals surface area contributed by atoms with Crippen LogP contribution in [0, 0.1) is 0 Å². The summed E-state index contributed by atoms with van der Waals surface area (Å²) in [5.74, 6) is -1.05. The second-order valence-electron chi connectivity index (χ2n) is 5.43. The Labute approximate surface area is 131 Å². The number of nitrogens with zero attached hydrogens (tertiary/aromatic N) is 1. The lowest BCUT2D eigenvalue weighted by molar-refractivity contribution is -0.119. The normalized spacial score (nSPS) is 13.3. The third-order valence-electron chi connectivity index (χ3n) is 3.52. The van der Waals surface area contributed by atoms with E-state index >= 15 is 0 Å². The topological polar surface area (TPSA) is 66.5 Å². The lowest BCUT2D eigenvalue weighted by Crippen LogP contribution is -2.36. The Morgan fingerprint density at radius 1 is 1.14 bits per heavy atom. The summed E-state index contributed by atoms with van der Waals surface area (Å²) in [5.41, 5.74) is 0.939. The first-order valence-corrected chi connectivity index (χ1v) is 8.59. The van der Waals surface area contributed by atoms with Gasteiger partial charge in [-0.25, -0.2) is 12.7 Å². The fourth-order valence-electron chi connectivity index (χ4n) is 2.14. The number of carbonyl (C=O) groups is 1. The van der Waals surface area contributed by atoms with Crippen LogP contribution >= 0.6 is 0 Å². The van der Waals surface area contributed by atoms with Gasteiger partial charge in [-0.05, 0) is 29.3 Å². The molecule has 0 heterocycles. The molecule has 6 heteroatoms. The van der Waals surface area contributed by atoms with Crippen molar-refractivity contribution in [3.05, 3.63) is 48.0 Å². The Bertz CT molecular complexity index is 785. The van der Waals surface area contributed by atoms with E-state index in [4.69, 9.17) is 0 Å². The van der Waals surface area contributed by atoms with Crippen LogP contribution in [0.25, 0.3) is 10.8 Å². The zero-order valence-electron chi connectivity index (χ0n) is 12.9. The average Bonchev–Trinajstić information content (AvgIpc) is 2.45. The second-order valence-corrected chi connectivity index (χ2v) is 7.62. The zero-order valence-corrected chi connectivity index (χ0v) is 13.7. The quantitative estimate of drug-likeness (QED) is 0.915. The summed E-state index contributed by atoms with van der Waals surface area (Å²) in [5, 5.41) is 4.94. The lowest BCUT2D eigenvalue weighted by Gasteiger charge is -2.16. The van der Waals surface area contributed by atoms with Gasteiger partial charge in [0.2, 0.25) is 15.9 Å². The second kappa shape index (κ2) is 6.46. The average molecular weight is 320 g/mol. The van der Waals surface area contributed by atoms with Crippen molar-refractivity contribution in [3.63, 3.8) is 0 Å². The highest BCUT2D eigenvalue weighted by molar-refractivity contribution is 7.89. The van der Waals surface area contributed by atoms with Crippen molar-refractivity contribution in [1.82, 2.24) is 9.62 Å². The van der Waals surface area contributed by atoms with Gasteiger partial charge >= 0.3 is 0 Å². The first-order chi connectivity index (χ1) is 10.3. The van der Waals surface area contributed by atoms with Crippen LogP contribution in [0.15, 0.2) is 42.5 Å². The maximum Gasteiger partial charge on any atom is 0.237 e. The minimum Gasteiger partial charge on any atom is -0.349 e. The SMILES string of the molecule is CC(NC(=O)CS(=O)(=O)N(C)C)c1ccc2ccccc2c1. The van der Waals surface area contributed by atoms with E-state index in [1.165, 1.54) is 14.1 Å². The predicted molar refractivity (Wildman–Crippen MR) is 88.0 cm³/mol. The Morgan fingerprint density at radius 3 is 2.41 bits per heavy atom. The molecule has 1 amide bonds. The number of nitrogens with one attached hydrogen (secondary N) is 1. The van der Waals surface area contributed by atoms with Crippen molar-refractivity contribution >= 4 is 26.7 Å². The van der Waals surface area contributed by atoms with Crippen molar-refractivity contribution in [2.24, 2.45) is 0 Å². The standard InChI is InChI=1S/C16H20N2O3S/c1-12(17-16(19)11-22(20,21)18(2)3)14-9-8-13-6-4-5-7-15(13)10-14/h4-10,12H,11H2,1-3H3,(H,17,19). The van der Waals surface area contributed by atoms with Gasteiger partial charge in [0, 0.05) is 14.1 Å². The van der Waals surface area contributed by atoms with E-state index in [9.17, 15) is 13.2 Å². The van der Waals surface area contributed by atoms with E-state index in [0.29, 0.717) is 0 Å². The summed E-state index contributed by atoms with van der Waals surface area (Å²) in [6, 6.07) is 13.6. The third-order valence-corrected chi connectivity index (χ3v) is 5.26. The van der Waals surface area contributed by atoms with Crippen LogP contribution < -0.4 is 5.32 Å². The van der Waals surface area contributed by atoms with Gasteiger partial charge in [-0.3, -0.25) is 4.79 Å². The predicted octanol–water partition coefficient (Wildman–Crippen LogP) is 1.91. The Kier molecular flexibility index (Phi) is 4.83. The van der Waals surface area contributed by atoms with Gasteiger partial charge in [0.1, 0.15) is 5.75 Å². The Hall–Kier alpha value is -1.92. The molecule has 1 atom stereocenters. The maximum absolute atomic E-state index is 11.9. The molecule has 0 aromatic heterocycles. The first kappa shape index (κ1) is 16.5. The van der Waals surface area contributed by atoms with E-state index in [1.54, 1.807) is 0 Å². The van der Waals surface area contributed by atoms with Crippen LogP contribution in [0.2, 0.25) is 0 Å². The molecule has 0 saturated heterocycles. The summed E-state index contributed by atoms with van der Waals surface area (Å²) in [6.07, 6.45) is 0. The lowest BCUT2D eigenvalue weighted by atomic mass is 10.0. The van der Waals surface area contributed by atoms with Crippen LogP contribution in [0.1, 0.15) is 18.5 Å². The van der Waals surface area contributed by atoms with Gasteiger partial charge in [0.15, 0.2) is 0 Å². The summed E-state index contributed by atoms with van der Waals surface area (Å²) >= 11 is 0. The molecule has 2 rings (SSSR count). The minimum absolute atomic E-state index is 0.255. The summed E-state index contributed by atoms with van der Waals surface area (Å²) in [7, 11) is -0.714. The summed E-state index contributed by atoms with van der Waals surface area (Å²) in [4.78, 5) is 11.9. The zero-order chi connectivity index (χ0) is 16.3. The molecule has 0 radical (unpaired) electrons. The fourth-order valence-corrected chi connectivity index (χ4v) is 2.81. The Morgan fingerprint density at radius 2 is 1.77 bits per heavy atom. The molecule has 0 aliphatic carbocycles. The molecule has 118 valence electrons. The molecule has 0 bridgehead atoms. The van der Waals surface area contributed by atoms with Crippen molar-refractivity contribution in [2.75, 3.05) is 19.8 Å². The number of hydrogen-bond acceptors (Lipinski definition) is 3. The molecule has 1 N–H and O–H groups in total. The van der Waals surface area contributed by atoms with Gasteiger partial charge in [-0.15, -0.1) is 0 Å². The highest BCUT2D eigenvalue weighted by atomic mass is 32.2. The minimum atomic E-state index is -3.54. The van der Waals surface area contributed by atoms with E-state index in [1.807, 2.05) is 49.4 Å². The molecule has 2 aromatic carbocycles. The molecule has 1 unspecified atom stereocenters. The highest BCUT2D eigenvalue weighted by Gasteiger charge is 2.20. The van der Waals surface area contributed by atoms with Gasteiger partial charge < -0.3 is 5.32 Å². The van der Waals surface area contributed by atoms with Crippen LogP contribution in [0.4, 0.5) is 0 Å². The number of benzene rings is 2. The molecule has 5 nitrogen and oxygen atoms in total. The smallest absolute Gasteiger partial charge is 0.237 e. The molecular weight excluding hydrogens is 300 g/mol. The number of amides is 1. The molecule has 0 spiro atoms. The van der Waals surface area contributed by atoms with Crippen molar-refractivity contribution < 1.29 is 13.2 Å². The van der Waals surface area contributed by atoms with Gasteiger partial charge in [0.25, 0.3) is 0 Å². The number of fused-ring (bicyclic) bond motifs is 1. The molecule has 0 fully saturated rings. The molecule has 0 saturated carbocycles. The van der Waals surface area contributed by atoms with Crippen LogP contribution in [0.5, 0.6) is 0 Å². The van der Waals surface area contributed by atoms with Crippen molar-refractivity contribution in [3.8, 4) is 0 Å². The van der Waals surface area contributed by atoms with Crippen LogP contribution in [0.3, 0.4) is 0 Å². The maximum atomic E-state index is 11.9. The van der Waals surface area contributed by atoms with Crippen molar-refractivity contribution in [2.45, 2.75) is 13.0 Å². The highest BCUT2D eigenvalue weighted by Crippen LogP contribution is 2.20. The van der Waals surface area contributed by atoms with Gasteiger partial charge in [0.05, 0.1) is 6.04 Å². The number of carbonyl (C=O) groups excluding carboxylic acids is 1. The van der Waals surface area contributed by atoms with Crippen molar-refractivity contribution in [1.29, 1.82) is 0 Å². The largest absolute Gasteiger partial charge is 0.349 e. The summed E-state index contributed by atoms with van der Waals surface area (Å²) < 4.78 is 24.4. The van der Waals surface area contributed by atoms with Crippen LogP contribution in [-0.2, 0) is 14.8 Å².